The van der Waals surface area contributed by atoms with Crippen LogP contribution in [0.2, 0.25) is 0 Å². The molecular formula is C29H38N8O5. The van der Waals surface area contributed by atoms with Gasteiger partial charge < -0.3 is 29.6 Å². The second kappa shape index (κ2) is 11.5. The summed E-state index contributed by atoms with van der Waals surface area (Å²) in [4.78, 5) is 37.3. The van der Waals surface area contributed by atoms with Crippen LogP contribution >= 0.6 is 0 Å². The van der Waals surface area contributed by atoms with Crippen LogP contribution < -0.4 is 10.2 Å². The summed E-state index contributed by atoms with van der Waals surface area (Å²) in [5.41, 5.74) is 2.18. The summed E-state index contributed by atoms with van der Waals surface area (Å²) in [5.74, 6) is 0.892. The number of ether oxygens (including phenoxy) is 1. The van der Waals surface area contributed by atoms with Crippen molar-refractivity contribution in [2.24, 2.45) is 5.92 Å². The Bertz CT molecular complexity index is 1560. The molecule has 13 nitrogen and oxygen atoms in total. The first-order valence-electron chi connectivity index (χ1n) is 14.1. The van der Waals surface area contributed by atoms with Crippen LogP contribution in [-0.2, 0) is 11.3 Å². The predicted molar refractivity (Wildman–Crippen MR) is 157 cm³/mol. The SMILES string of the molecule is CC(C)c1cnn2c(N(Cc3cn4ccccc4n3)C(=O)OC(C)(C)C)cc(NC[C@H]3CCN(C(=O)O)C[C@@H]3O)nc12. The van der Waals surface area contributed by atoms with Crippen molar-refractivity contribution in [2.75, 3.05) is 29.9 Å². The summed E-state index contributed by atoms with van der Waals surface area (Å²) in [6, 6.07) is 7.45. The number of fused-ring (bicyclic) bond motifs is 2. The number of aliphatic hydroxyl groups is 1. The number of nitrogens with one attached hydrogen (secondary N) is 1. The third-order valence-corrected chi connectivity index (χ3v) is 7.26. The predicted octanol–water partition coefficient (Wildman–Crippen LogP) is 4.21. The fourth-order valence-corrected chi connectivity index (χ4v) is 5.06. The number of aromatic nitrogens is 5. The van der Waals surface area contributed by atoms with Crippen molar-refractivity contribution in [2.45, 2.75) is 65.2 Å². The minimum atomic E-state index is -1.04. The molecule has 4 aromatic rings. The normalized spacial score (nSPS) is 17.6. The maximum absolute atomic E-state index is 13.7. The molecule has 1 aliphatic rings. The molecule has 1 fully saturated rings. The molecule has 0 radical (unpaired) electrons. The van der Waals surface area contributed by atoms with Gasteiger partial charge in [0.25, 0.3) is 0 Å². The van der Waals surface area contributed by atoms with E-state index in [1.165, 1.54) is 9.80 Å². The van der Waals surface area contributed by atoms with E-state index in [0.29, 0.717) is 42.5 Å². The van der Waals surface area contributed by atoms with E-state index in [0.717, 1.165) is 11.2 Å². The van der Waals surface area contributed by atoms with Crippen LogP contribution in [0.4, 0.5) is 21.2 Å². The van der Waals surface area contributed by atoms with Crippen molar-refractivity contribution < 1.29 is 24.5 Å². The fraction of sp³-hybridized carbons (Fsp3) is 0.483. The fourth-order valence-electron chi connectivity index (χ4n) is 5.06. The molecule has 13 heteroatoms. The van der Waals surface area contributed by atoms with E-state index in [2.05, 4.69) is 10.4 Å². The zero-order chi connectivity index (χ0) is 30.2. The summed E-state index contributed by atoms with van der Waals surface area (Å²) in [5, 5.41) is 27.8. The van der Waals surface area contributed by atoms with E-state index < -0.39 is 23.9 Å². The molecule has 0 unspecified atom stereocenters. The number of carbonyl (C=O) groups is 2. The number of hydrogen-bond acceptors (Lipinski definition) is 8. The topological polar surface area (TPSA) is 150 Å². The van der Waals surface area contributed by atoms with E-state index in [1.807, 2.05) is 69.6 Å². The molecule has 5 heterocycles. The minimum Gasteiger partial charge on any atom is -0.465 e. The van der Waals surface area contributed by atoms with Gasteiger partial charge in [-0.3, -0.25) is 4.90 Å². The molecule has 0 aliphatic carbocycles. The molecule has 2 atom stereocenters. The average Bonchev–Trinajstić information content (AvgIpc) is 3.53. The number of likely N-dealkylation sites (tertiary alicyclic amines) is 1. The van der Waals surface area contributed by atoms with Gasteiger partial charge in [0, 0.05) is 43.0 Å². The highest BCUT2D eigenvalue weighted by molar-refractivity contribution is 5.88. The number of pyridine rings is 1. The maximum atomic E-state index is 13.7. The number of β-amino-alcohol motifs (C(OH)–C–C–N with tert-alkyl or cyclic N) is 1. The Labute approximate surface area is 243 Å². The van der Waals surface area contributed by atoms with Gasteiger partial charge in [-0.15, -0.1) is 0 Å². The lowest BCUT2D eigenvalue weighted by Gasteiger charge is -2.34. The third-order valence-electron chi connectivity index (χ3n) is 7.26. The van der Waals surface area contributed by atoms with Gasteiger partial charge in [0.05, 0.1) is 31.1 Å². The van der Waals surface area contributed by atoms with Crippen LogP contribution in [0.25, 0.3) is 11.3 Å². The maximum Gasteiger partial charge on any atom is 0.416 e. The molecule has 224 valence electrons. The number of carbonyl (C=O) groups excluding carboxylic acids is 1. The molecule has 0 saturated carbocycles. The molecule has 1 saturated heterocycles. The van der Waals surface area contributed by atoms with Crippen molar-refractivity contribution in [3.05, 3.63) is 54.1 Å². The summed E-state index contributed by atoms with van der Waals surface area (Å²) in [6.45, 7) is 10.5. The monoisotopic (exact) mass is 578 g/mol. The highest BCUT2D eigenvalue weighted by Crippen LogP contribution is 2.29. The van der Waals surface area contributed by atoms with Crippen molar-refractivity contribution in [1.29, 1.82) is 0 Å². The van der Waals surface area contributed by atoms with Gasteiger partial charge in [0.1, 0.15) is 22.9 Å². The van der Waals surface area contributed by atoms with E-state index in [4.69, 9.17) is 14.7 Å². The number of aliphatic hydroxyl groups excluding tert-OH is 1. The highest BCUT2D eigenvalue weighted by atomic mass is 16.6. The molecule has 5 rings (SSSR count). The van der Waals surface area contributed by atoms with Crippen LogP contribution in [0.3, 0.4) is 0 Å². The van der Waals surface area contributed by atoms with Crippen LogP contribution in [0.5, 0.6) is 0 Å². The summed E-state index contributed by atoms with van der Waals surface area (Å²) >= 11 is 0. The van der Waals surface area contributed by atoms with Gasteiger partial charge in [0.15, 0.2) is 5.65 Å². The summed E-state index contributed by atoms with van der Waals surface area (Å²) < 4.78 is 9.36. The standard InChI is InChI=1S/C29H38N8O5/c1-18(2)21-14-31-37-25(12-23(33-26(21)37)30-13-19-9-11-35(27(39)40)17-22(19)38)36(28(41)42-29(3,4)5)16-20-15-34-10-7-6-8-24(34)32-20/h6-8,10,12,14-15,18-19,22,38H,9,11,13,16-17H2,1-5H3,(H,30,33)(H,39,40)/t19-,22+/m1/s1. The Balaban J connectivity index is 1.52. The second-order valence-corrected chi connectivity index (χ2v) is 12.0. The second-order valence-electron chi connectivity index (χ2n) is 12.0. The lowest BCUT2D eigenvalue weighted by molar-refractivity contribution is 0.0294. The van der Waals surface area contributed by atoms with Crippen LogP contribution in [-0.4, -0.2) is 82.6 Å². The van der Waals surface area contributed by atoms with Gasteiger partial charge in [-0.2, -0.15) is 9.61 Å². The van der Waals surface area contributed by atoms with Gasteiger partial charge in [0.2, 0.25) is 0 Å². The number of carboxylic acid groups (broad SMARTS) is 1. The molecule has 42 heavy (non-hydrogen) atoms. The third kappa shape index (κ3) is 6.25. The number of rotatable bonds is 7. The number of imidazole rings is 1. The number of amides is 2. The quantitative estimate of drug-likeness (QED) is 0.293. The van der Waals surface area contributed by atoms with Crippen LogP contribution in [0, 0.1) is 5.92 Å². The molecule has 0 spiro atoms. The highest BCUT2D eigenvalue weighted by Gasteiger charge is 2.31. The van der Waals surface area contributed by atoms with Crippen molar-refractivity contribution >= 4 is 35.1 Å². The number of anilines is 2. The first kappa shape index (κ1) is 29.1. The molecule has 0 bridgehead atoms. The lowest BCUT2D eigenvalue weighted by Crippen LogP contribution is -2.47. The zero-order valence-corrected chi connectivity index (χ0v) is 24.6. The molecule has 1 aliphatic heterocycles. The van der Waals surface area contributed by atoms with E-state index in [9.17, 15) is 19.8 Å². The van der Waals surface area contributed by atoms with Crippen LogP contribution in [0.1, 0.15) is 58.2 Å². The van der Waals surface area contributed by atoms with E-state index >= 15 is 0 Å². The molecule has 2 amide bonds. The molecule has 3 N–H and O–H groups in total. The Kier molecular flexibility index (Phi) is 7.95. The molecular weight excluding hydrogens is 540 g/mol. The van der Waals surface area contributed by atoms with Crippen molar-refractivity contribution in [1.82, 2.24) is 28.9 Å². The average molecular weight is 579 g/mol. The first-order valence-corrected chi connectivity index (χ1v) is 14.1. The molecule has 4 aromatic heterocycles. The lowest BCUT2D eigenvalue weighted by atomic mass is 9.94. The van der Waals surface area contributed by atoms with Gasteiger partial charge in [-0.1, -0.05) is 19.9 Å². The van der Waals surface area contributed by atoms with E-state index in [-0.39, 0.29) is 24.9 Å². The Morgan fingerprint density at radius 1 is 1.24 bits per heavy atom. The summed E-state index contributed by atoms with van der Waals surface area (Å²) in [7, 11) is 0. The van der Waals surface area contributed by atoms with Gasteiger partial charge in [-0.25, -0.2) is 19.6 Å². The zero-order valence-electron chi connectivity index (χ0n) is 24.6. The Morgan fingerprint density at radius 2 is 2.02 bits per heavy atom. The Morgan fingerprint density at radius 3 is 2.69 bits per heavy atom. The van der Waals surface area contributed by atoms with Crippen molar-refractivity contribution in [3.63, 3.8) is 0 Å². The molecule has 0 aromatic carbocycles. The number of nitrogens with zero attached hydrogens (tertiary/aromatic N) is 7. The number of piperidine rings is 1. The van der Waals surface area contributed by atoms with Gasteiger partial charge in [-0.05, 0) is 45.2 Å². The minimum absolute atomic E-state index is 0.0605. The van der Waals surface area contributed by atoms with Gasteiger partial charge >= 0.3 is 12.2 Å². The van der Waals surface area contributed by atoms with Crippen LogP contribution in [0.15, 0.2) is 42.9 Å². The van der Waals surface area contributed by atoms with E-state index in [1.54, 1.807) is 16.8 Å². The Hall–Kier alpha value is -4.39. The van der Waals surface area contributed by atoms with Crippen molar-refractivity contribution in [3.8, 4) is 0 Å². The summed E-state index contributed by atoms with van der Waals surface area (Å²) in [6.07, 6.45) is 3.63. The smallest absolute Gasteiger partial charge is 0.416 e. The number of hydrogen-bond donors (Lipinski definition) is 3. The largest absolute Gasteiger partial charge is 0.465 e. The first-order chi connectivity index (χ1) is 19.9.